The van der Waals surface area contributed by atoms with Gasteiger partial charge in [-0.1, -0.05) is 15.9 Å². The van der Waals surface area contributed by atoms with Crippen molar-refractivity contribution in [1.82, 2.24) is 0 Å². The Labute approximate surface area is 97.0 Å². The zero-order valence-electron chi connectivity index (χ0n) is 7.90. The van der Waals surface area contributed by atoms with Crippen molar-refractivity contribution in [3.05, 3.63) is 22.7 Å². The van der Waals surface area contributed by atoms with E-state index < -0.39 is 10.0 Å². The fourth-order valence-corrected chi connectivity index (χ4v) is 2.54. The minimum absolute atomic E-state index is 0.142. The lowest BCUT2D eigenvalue weighted by Gasteiger charge is -2.09. The molecule has 0 aliphatic heterocycles. The highest BCUT2D eigenvalue weighted by Gasteiger charge is 2.24. The van der Waals surface area contributed by atoms with E-state index in [2.05, 4.69) is 21.2 Å². The van der Waals surface area contributed by atoms with Crippen LogP contribution in [0.25, 0.3) is 0 Å². The predicted molar refractivity (Wildman–Crippen MR) is 62.2 cm³/mol. The summed E-state index contributed by atoms with van der Waals surface area (Å²) in [7, 11) is -3.67. The van der Waals surface area contributed by atoms with E-state index >= 15 is 0 Å². The molecule has 1 fully saturated rings. The average molecular weight is 291 g/mol. The minimum atomic E-state index is -3.67. The lowest BCUT2D eigenvalue weighted by atomic mass is 10.3. The molecule has 2 rings (SSSR count). The van der Waals surface area contributed by atoms with Gasteiger partial charge in [0.05, 0.1) is 5.69 Å². The number of anilines is 1. The zero-order valence-corrected chi connectivity index (χ0v) is 10.3. The molecule has 0 unspecified atom stereocenters. The molecule has 1 saturated carbocycles. The molecule has 1 aliphatic rings. The lowest BCUT2D eigenvalue weighted by Crippen LogP contribution is -2.15. The van der Waals surface area contributed by atoms with Crippen LogP contribution < -0.4 is 10.5 Å². The van der Waals surface area contributed by atoms with E-state index in [1.54, 1.807) is 12.1 Å². The van der Waals surface area contributed by atoms with Crippen molar-refractivity contribution in [2.24, 2.45) is 5.14 Å². The zero-order chi connectivity index (χ0) is 11.1. The van der Waals surface area contributed by atoms with E-state index in [9.17, 15) is 8.42 Å². The SMILES string of the molecule is NS(=O)(=O)c1cc(Br)ccc1NC1CC1. The fourth-order valence-electron chi connectivity index (χ4n) is 1.30. The van der Waals surface area contributed by atoms with Gasteiger partial charge in [0.1, 0.15) is 4.90 Å². The van der Waals surface area contributed by atoms with Gasteiger partial charge in [-0.3, -0.25) is 0 Å². The molecule has 82 valence electrons. The molecular formula is C9H11BrN2O2S. The van der Waals surface area contributed by atoms with Crippen LogP contribution in [0, 0.1) is 0 Å². The highest BCUT2D eigenvalue weighted by molar-refractivity contribution is 9.10. The third kappa shape index (κ3) is 2.70. The highest BCUT2D eigenvalue weighted by Crippen LogP contribution is 2.30. The first-order valence-electron chi connectivity index (χ1n) is 4.56. The van der Waals surface area contributed by atoms with Crippen molar-refractivity contribution < 1.29 is 8.42 Å². The van der Waals surface area contributed by atoms with Crippen LogP contribution in [0.2, 0.25) is 0 Å². The van der Waals surface area contributed by atoms with Crippen LogP contribution >= 0.6 is 15.9 Å². The topological polar surface area (TPSA) is 72.2 Å². The standard InChI is InChI=1S/C9H11BrN2O2S/c10-6-1-4-8(12-7-2-3-7)9(5-6)15(11,13)14/h1,4-5,7,12H,2-3H2,(H2,11,13,14). The lowest BCUT2D eigenvalue weighted by molar-refractivity contribution is 0.598. The Morgan fingerprint density at radius 1 is 1.40 bits per heavy atom. The van der Waals surface area contributed by atoms with E-state index in [4.69, 9.17) is 5.14 Å². The van der Waals surface area contributed by atoms with Crippen LogP contribution in [0.5, 0.6) is 0 Å². The second-order valence-electron chi connectivity index (χ2n) is 3.60. The van der Waals surface area contributed by atoms with Crippen LogP contribution in [0.3, 0.4) is 0 Å². The molecule has 15 heavy (non-hydrogen) atoms. The first-order chi connectivity index (χ1) is 6.97. The van der Waals surface area contributed by atoms with Crippen molar-refractivity contribution in [3.8, 4) is 0 Å². The van der Waals surface area contributed by atoms with E-state index in [-0.39, 0.29) is 4.90 Å². The smallest absolute Gasteiger partial charge is 0.240 e. The molecule has 0 spiro atoms. The largest absolute Gasteiger partial charge is 0.381 e. The molecule has 1 aromatic rings. The molecule has 1 aliphatic carbocycles. The molecule has 0 amide bonds. The van der Waals surface area contributed by atoms with Gasteiger partial charge in [0.25, 0.3) is 0 Å². The monoisotopic (exact) mass is 290 g/mol. The van der Waals surface area contributed by atoms with Gasteiger partial charge < -0.3 is 5.32 Å². The molecule has 0 saturated heterocycles. The van der Waals surface area contributed by atoms with Crippen LogP contribution in [0.4, 0.5) is 5.69 Å². The van der Waals surface area contributed by atoms with Gasteiger partial charge in [0.2, 0.25) is 10.0 Å². The summed E-state index contributed by atoms with van der Waals surface area (Å²) in [6.07, 6.45) is 2.17. The Bertz CT molecular complexity index is 483. The Kier molecular flexibility index (Phi) is 2.74. The number of primary sulfonamides is 1. The Morgan fingerprint density at radius 3 is 2.60 bits per heavy atom. The molecule has 3 N–H and O–H groups in total. The molecule has 0 radical (unpaired) electrons. The molecule has 4 nitrogen and oxygen atoms in total. The maximum Gasteiger partial charge on any atom is 0.240 e. The summed E-state index contributed by atoms with van der Waals surface area (Å²) in [4.78, 5) is 0.142. The quantitative estimate of drug-likeness (QED) is 0.889. The molecule has 0 heterocycles. The van der Waals surface area contributed by atoms with Gasteiger partial charge in [-0.25, -0.2) is 13.6 Å². The van der Waals surface area contributed by atoms with E-state index in [0.29, 0.717) is 16.2 Å². The van der Waals surface area contributed by atoms with Crippen molar-refractivity contribution in [2.75, 3.05) is 5.32 Å². The van der Waals surface area contributed by atoms with Gasteiger partial charge >= 0.3 is 0 Å². The predicted octanol–water partition coefficient (Wildman–Crippen LogP) is 1.67. The van der Waals surface area contributed by atoms with Crippen LogP contribution in [-0.4, -0.2) is 14.5 Å². The number of nitrogens with two attached hydrogens (primary N) is 1. The van der Waals surface area contributed by atoms with Crippen LogP contribution in [0.15, 0.2) is 27.6 Å². The number of benzene rings is 1. The summed E-state index contributed by atoms with van der Waals surface area (Å²) in [5.41, 5.74) is 0.586. The second kappa shape index (κ2) is 3.77. The normalized spacial score (nSPS) is 16.4. The number of hydrogen-bond donors (Lipinski definition) is 2. The Morgan fingerprint density at radius 2 is 2.07 bits per heavy atom. The van der Waals surface area contributed by atoms with E-state index in [1.807, 2.05) is 0 Å². The van der Waals surface area contributed by atoms with E-state index in [0.717, 1.165) is 12.8 Å². The number of rotatable bonds is 3. The number of sulfonamides is 1. The van der Waals surface area contributed by atoms with Crippen molar-refractivity contribution in [2.45, 2.75) is 23.8 Å². The maximum atomic E-state index is 11.3. The summed E-state index contributed by atoms with van der Waals surface area (Å²) < 4.78 is 23.4. The van der Waals surface area contributed by atoms with Gasteiger partial charge in [-0.15, -0.1) is 0 Å². The molecule has 0 atom stereocenters. The number of nitrogens with one attached hydrogen (secondary N) is 1. The Balaban J connectivity index is 2.43. The third-order valence-electron chi connectivity index (χ3n) is 2.19. The number of hydrogen-bond acceptors (Lipinski definition) is 3. The summed E-state index contributed by atoms with van der Waals surface area (Å²) in [6.45, 7) is 0. The summed E-state index contributed by atoms with van der Waals surface area (Å²) in [5, 5.41) is 8.27. The first-order valence-corrected chi connectivity index (χ1v) is 6.89. The second-order valence-corrected chi connectivity index (χ2v) is 6.05. The van der Waals surface area contributed by atoms with Gasteiger partial charge in [0.15, 0.2) is 0 Å². The van der Waals surface area contributed by atoms with Gasteiger partial charge in [-0.2, -0.15) is 0 Å². The van der Waals surface area contributed by atoms with Crippen LogP contribution in [0.1, 0.15) is 12.8 Å². The molecular weight excluding hydrogens is 280 g/mol. The van der Waals surface area contributed by atoms with Crippen molar-refractivity contribution in [1.29, 1.82) is 0 Å². The first kappa shape index (κ1) is 10.9. The maximum absolute atomic E-state index is 11.3. The minimum Gasteiger partial charge on any atom is -0.381 e. The average Bonchev–Trinajstić information content (AvgIpc) is 2.90. The van der Waals surface area contributed by atoms with E-state index in [1.165, 1.54) is 6.07 Å². The molecule has 1 aromatic carbocycles. The van der Waals surface area contributed by atoms with Crippen molar-refractivity contribution >= 4 is 31.6 Å². The fraction of sp³-hybridized carbons (Fsp3) is 0.333. The highest BCUT2D eigenvalue weighted by atomic mass is 79.9. The molecule has 0 aromatic heterocycles. The van der Waals surface area contributed by atoms with Crippen molar-refractivity contribution in [3.63, 3.8) is 0 Å². The Hall–Kier alpha value is -0.590. The summed E-state index contributed by atoms with van der Waals surface area (Å²) in [6, 6.07) is 5.42. The molecule has 6 heteroatoms. The van der Waals surface area contributed by atoms with Gasteiger partial charge in [-0.05, 0) is 31.0 Å². The summed E-state index contributed by atoms with van der Waals surface area (Å²) >= 11 is 3.22. The van der Waals surface area contributed by atoms with Gasteiger partial charge in [0, 0.05) is 10.5 Å². The van der Waals surface area contributed by atoms with Crippen LogP contribution in [-0.2, 0) is 10.0 Å². The number of halogens is 1. The molecule has 0 bridgehead atoms. The third-order valence-corrected chi connectivity index (χ3v) is 3.63. The summed E-state index contributed by atoms with van der Waals surface area (Å²) in [5.74, 6) is 0.